The van der Waals surface area contributed by atoms with Crippen molar-refractivity contribution in [3.63, 3.8) is 0 Å². The van der Waals surface area contributed by atoms with Crippen LogP contribution in [0.5, 0.6) is 0 Å². The van der Waals surface area contributed by atoms with Crippen molar-refractivity contribution >= 4 is 10.0 Å². The minimum Gasteiger partial charge on any atom is -0.396 e. The topological polar surface area (TPSA) is 66.4 Å². The van der Waals surface area contributed by atoms with E-state index >= 15 is 0 Å². The van der Waals surface area contributed by atoms with Gasteiger partial charge in [-0.15, -0.1) is 0 Å². The van der Waals surface area contributed by atoms with Crippen LogP contribution in [-0.4, -0.2) is 31.9 Å². The van der Waals surface area contributed by atoms with Gasteiger partial charge in [0.2, 0.25) is 10.0 Å². The summed E-state index contributed by atoms with van der Waals surface area (Å²) in [5.74, 6) is 0.698. The van der Waals surface area contributed by atoms with E-state index in [4.69, 9.17) is 5.11 Å². The Kier molecular flexibility index (Phi) is 4.81. The van der Waals surface area contributed by atoms with Crippen LogP contribution in [0.15, 0.2) is 12.2 Å². The quantitative estimate of drug-likeness (QED) is 0.745. The van der Waals surface area contributed by atoms with Crippen LogP contribution < -0.4 is 4.72 Å². The number of aliphatic hydroxyl groups is 1. The van der Waals surface area contributed by atoms with Gasteiger partial charge < -0.3 is 5.11 Å². The van der Waals surface area contributed by atoms with Gasteiger partial charge in [0.15, 0.2) is 0 Å². The minimum absolute atomic E-state index is 0.0946. The van der Waals surface area contributed by atoms with E-state index < -0.39 is 10.0 Å². The van der Waals surface area contributed by atoms with Gasteiger partial charge in [-0.3, -0.25) is 0 Å². The third-order valence-corrected chi connectivity index (χ3v) is 5.49. The Labute approximate surface area is 110 Å². The molecule has 1 saturated carbocycles. The smallest absolute Gasteiger partial charge is 0.212 e. The lowest BCUT2D eigenvalue weighted by Gasteiger charge is -2.22. The fraction of sp³-hybridized carbons (Fsp3) is 0.846. The molecule has 2 N–H and O–H groups in total. The van der Waals surface area contributed by atoms with Gasteiger partial charge in [-0.25, -0.2) is 13.1 Å². The Bertz CT molecular complexity index is 385. The van der Waals surface area contributed by atoms with Crippen LogP contribution in [0.25, 0.3) is 0 Å². The molecule has 5 heteroatoms. The molecule has 2 atom stereocenters. The third kappa shape index (κ3) is 4.07. The molecular formula is C13H23NO3S. The van der Waals surface area contributed by atoms with Gasteiger partial charge in [0, 0.05) is 18.6 Å². The Morgan fingerprint density at radius 1 is 1.17 bits per heavy atom. The predicted molar refractivity (Wildman–Crippen MR) is 71.6 cm³/mol. The van der Waals surface area contributed by atoms with Gasteiger partial charge in [0.05, 0.1) is 5.75 Å². The number of hydrogen-bond donors (Lipinski definition) is 2. The van der Waals surface area contributed by atoms with Crippen molar-refractivity contribution in [3.8, 4) is 0 Å². The average molecular weight is 273 g/mol. The number of nitrogens with one attached hydrogen (secondary N) is 1. The summed E-state index contributed by atoms with van der Waals surface area (Å²) in [6, 6.07) is -0.129. The molecule has 0 spiro atoms. The molecule has 0 bridgehead atoms. The zero-order chi connectivity index (χ0) is 13.0. The molecule has 18 heavy (non-hydrogen) atoms. The second-order valence-corrected chi connectivity index (χ2v) is 7.37. The standard InChI is InChI=1S/C13H23NO3S/c15-9-12-6-7-13(8-12)14-18(16,17)10-11-4-2-1-3-5-11/h6-7,11-15H,1-5,8-10H2/t12-,13+/m0/s1. The van der Waals surface area contributed by atoms with Crippen LogP contribution in [0.3, 0.4) is 0 Å². The minimum atomic E-state index is -3.18. The average Bonchev–Trinajstić information content (AvgIpc) is 2.76. The third-order valence-electron chi connectivity index (χ3n) is 3.92. The van der Waals surface area contributed by atoms with E-state index in [0.29, 0.717) is 12.3 Å². The molecule has 0 aliphatic heterocycles. The van der Waals surface area contributed by atoms with Gasteiger partial charge >= 0.3 is 0 Å². The van der Waals surface area contributed by atoms with Gasteiger partial charge in [0.1, 0.15) is 0 Å². The molecule has 0 radical (unpaired) electrons. The molecule has 0 aromatic rings. The molecule has 4 nitrogen and oxygen atoms in total. The van der Waals surface area contributed by atoms with Crippen molar-refractivity contribution < 1.29 is 13.5 Å². The van der Waals surface area contributed by atoms with Crippen LogP contribution >= 0.6 is 0 Å². The van der Waals surface area contributed by atoms with E-state index in [1.165, 1.54) is 6.42 Å². The summed E-state index contributed by atoms with van der Waals surface area (Å²) in [7, 11) is -3.18. The van der Waals surface area contributed by atoms with Crippen molar-refractivity contribution in [1.29, 1.82) is 0 Å². The van der Waals surface area contributed by atoms with Gasteiger partial charge in [-0.05, 0) is 25.2 Å². The molecule has 0 aromatic heterocycles. The Hall–Kier alpha value is -0.390. The highest BCUT2D eigenvalue weighted by atomic mass is 32.2. The number of sulfonamides is 1. The number of aliphatic hydroxyl groups excluding tert-OH is 1. The van der Waals surface area contributed by atoms with Crippen LogP contribution in [0, 0.1) is 11.8 Å². The molecule has 2 rings (SSSR count). The molecule has 1 fully saturated rings. The fourth-order valence-corrected chi connectivity index (χ4v) is 4.63. The van der Waals surface area contributed by atoms with Crippen molar-refractivity contribution in [1.82, 2.24) is 4.72 Å². The molecule has 0 amide bonds. The monoisotopic (exact) mass is 273 g/mol. The van der Waals surface area contributed by atoms with E-state index in [2.05, 4.69) is 4.72 Å². The first-order valence-corrected chi connectivity index (χ1v) is 8.53. The summed E-state index contributed by atoms with van der Waals surface area (Å²) in [6.07, 6.45) is 10.1. The van der Waals surface area contributed by atoms with E-state index in [9.17, 15) is 8.42 Å². The van der Waals surface area contributed by atoms with Crippen LogP contribution in [0.1, 0.15) is 38.5 Å². The normalized spacial score (nSPS) is 29.8. The van der Waals surface area contributed by atoms with E-state index in [1.807, 2.05) is 12.2 Å². The second kappa shape index (κ2) is 6.17. The molecular weight excluding hydrogens is 250 g/mol. The van der Waals surface area contributed by atoms with E-state index in [0.717, 1.165) is 25.7 Å². The van der Waals surface area contributed by atoms with Crippen molar-refractivity contribution in [2.24, 2.45) is 11.8 Å². The summed E-state index contributed by atoms with van der Waals surface area (Å²) in [5.41, 5.74) is 0. The maximum atomic E-state index is 12.0. The summed E-state index contributed by atoms with van der Waals surface area (Å²) >= 11 is 0. The van der Waals surface area contributed by atoms with Gasteiger partial charge in [0.25, 0.3) is 0 Å². The van der Waals surface area contributed by atoms with Crippen LogP contribution in [-0.2, 0) is 10.0 Å². The molecule has 2 aliphatic carbocycles. The first kappa shape index (κ1) is 14.0. The maximum absolute atomic E-state index is 12.0. The summed E-state index contributed by atoms with van der Waals surface area (Å²) in [6.45, 7) is 0.0946. The lowest BCUT2D eigenvalue weighted by molar-refractivity contribution is 0.248. The predicted octanol–water partition coefficient (Wildman–Crippen LogP) is 1.42. The number of rotatable bonds is 5. The van der Waals surface area contributed by atoms with Gasteiger partial charge in [-0.2, -0.15) is 0 Å². The SMILES string of the molecule is O=S(=O)(CC1CCCCC1)N[C@@H]1C=C[C@H](CO)C1. The summed E-state index contributed by atoms with van der Waals surface area (Å²) in [4.78, 5) is 0. The highest BCUT2D eigenvalue weighted by Gasteiger charge is 2.26. The van der Waals surface area contributed by atoms with Gasteiger partial charge in [-0.1, -0.05) is 31.4 Å². The van der Waals surface area contributed by atoms with Crippen molar-refractivity contribution in [2.75, 3.05) is 12.4 Å². The zero-order valence-electron chi connectivity index (χ0n) is 10.7. The molecule has 0 heterocycles. The first-order valence-electron chi connectivity index (χ1n) is 6.88. The van der Waals surface area contributed by atoms with Crippen molar-refractivity contribution in [2.45, 2.75) is 44.6 Å². The summed E-state index contributed by atoms with van der Waals surface area (Å²) < 4.78 is 26.8. The Morgan fingerprint density at radius 2 is 1.89 bits per heavy atom. The highest BCUT2D eigenvalue weighted by Crippen LogP contribution is 2.25. The molecule has 2 aliphatic rings. The van der Waals surface area contributed by atoms with Crippen LogP contribution in [0.4, 0.5) is 0 Å². The highest BCUT2D eigenvalue weighted by molar-refractivity contribution is 7.89. The van der Waals surface area contributed by atoms with Crippen molar-refractivity contribution in [3.05, 3.63) is 12.2 Å². The Balaban J connectivity index is 1.82. The molecule has 104 valence electrons. The molecule has 0 saturated heterocycles. The van der Waals surface area contributed by atoms with E-state index in [-0.39, 0.29) is 24.3 Å². The zero-order valence-corrected chi connectivity index (χ0v) is 11.5. The lowest BCUT2D eigenvalue weighted by atomic mass is 9.91. The summed E-state index contributed by atoms with van der Waals surface area (Å²) in [5, 5.41) is 9.01. The molecule has 0 aromatic carbocycles. The molecule has 0 unspecified atom stereocenters. The second-order valence-electron chi connectivity index (χ2n) is 5.57. The fourth-order valence-electron chi connectivity index (χ4n) is 2.94. The van der Waals surface area contributed by atoms with E-state index in [1.54, 1.807) is 0 Å². The lowest BCUT2D eigenvalue weighted by Crippen LogP contribution is -2.37. The number of hydrogen-bond acceptors (Lipinski definition) is 3. The maximum Gasteiger partial charge on any atom is 0.212 e. The largest absolute Gasteiger partial charge is 0.396 e. The van der Waals surface area contributed by atoms with Crippen LogP contribution in [0.2, 0.25) is 0 Å². The first-order chi connectivity index (χ1) is 8.59. The Morgan fingerprint density at radius 3 is 2.50 bits per heavy atom.